The van der Waals surface area contributed by atoms with Crippen LogP contribution in [0.25, 0.3) is 0 Å². The number of guanidine groups is 1. The first-order valence-corrected chi connectivity index (χ1v) is 9.90. The van der Waals surface area contributed by atoms with Crippen molar-refractivity contribution in [3.05, 3.63) is 48.0 Å². The number of para-hydroxylation sites is 1. The van der Waals surface area contributed by atoms with E-state index in [1.54, 1.807) is 7.11 Å². The maximum Gasteiger partial charge on any atom is 0.248 e. The number of fused-ring (bicyclic) bond motifs is 1. The summed E-state index contributed by atoms with van der Waals surface area (Å²) in [6.07, 6.45) is 0.885. The molecule has 8 heteroatoms. The molecule has 1 aliphatic rings. The molecule has 0 aromatic heterocycles. The summed E-state index contributed by atoms with van der Waals surface area (Å²) in [5.41, 5.74) is 2.99. The molecule has 3 rings (SSSR count). The van der Waals surface area contributed by atoms with E-state index >= 15 is 0 Å². The molecule has 0 saturated heterocycles. The Labute approximate surface area is 194 Å². The summed E-state index contributed by atoms with van der Waals surface area (Å²) >= 11 is 0. The number of methoxy groups -OCH3 is 1. The van der Waals surface area contributed by atoms with Crippen LogP contribution >= 0.6 is 24.0 Å². The Morgan fingerprint density at radius 3 is 2.70 bits per heavy atom. The van der Waals surface area contributed by atoms with E-state index in [1.165, 1.54) is 5.56 Å². The molecular formula is C22H29IN4O3. The number of ether oxygens (including phenoxy) is 2. The fraction of sp³-hybridized carbons (Fsp3) is 0.364. The number of benzene rings is 2. The molecular weight excluding hydrogens is 495 g/mol. The maximum atomic E-state index is 12.7. The normalized spacial score (nSPS) is 12.6. The second-order valence-electron chi connectivity index (χ2n) is 6.54. The maximum absolute atomic E-state index is 12.7. The van der Waals surface area contributed by atoms with Gasteiger partial charge in [0.2, 0.25) is 5.91 Å². The van der Waals surface area contributed by atoms with Crippen molar-refractivity contribution in [2.45, 2.75) is 20.3 Å². The predicted octanol–water partition coefficient (Wildman–Crippen LogP) is 3.68. The standard InChI is InChI=1S/C22H28N4O3.HI/c1-4-23-22(25-17-10-11-19(28-3)20(14-17)29-5-2)24-15-21(27)26-13-12-16-8-6-7-9-18(16)26;/h6-11,14H,4-5,12-13,15H2,1-3H3,(H2,23,24,25);1H. The highest BCUT2D eigenvalue weighted by Gasteiger charge is 2.23. The van der Waals surface area contributed by atoms with Crippen LogP contribution in [-0.4, -0.2) is 45.2 Å². The third-order valence-electron chi connectivity index (χ3n) is 4.63. The Morgan fingerprint density at radius 2 is 1.97 bits per heavy atom. The molecule has 0 radical (unpaired) electrons. The zero-order valence-electron chi connectivity index (χ0n) is 17.6. The molecule has 0 spiro atoms. The van der Waals surface area contributed by atoms with Gasteiger partial charge in [-0.3, -0.25) is 4.79 Å². The summed E-state index contributed by atoms with van der Waals surface area (Å²) in [6, 6.07) is 13.6. The number of rotatable bonds is 7. The van der Waals surface area contributed by atoms with Crippen LogP contribution in [0.3, 0.4) is 0 Å². The average molecular weight is 524 g/mol. The smallest absolute Gasteiger partial charge is 0.248 e. The summed E-state index contributed by atoms with van der Waals surface area (Å²) < 4.78 is 10.9. The monoisotopic (exact) mass is 524 g/mol. The molecule has 7 nitrogen and oxygen atoms in total. The second kappa shape index (κ2) is 11.6. The number of nitrogens with one attached hydrogen (secondary N) is 2. The third-order valence-corrected chi connectivity index (χ3v) is 4.63. The number of amides is 1. The molecule has 1 amide bonds. The first-order chi connectivity index (χ1) is 14.2. The van der Waals surface area contributed by atoms with Gasteiger partial charge in [0.15, 0.2) is 17.5 Å². The average Bonchev–Trinajstić information content (AvgIpc) is 3.17. The summed E-state index contributed by atoms with van der Waals surface area (Å²) in [5, 5.41) is 6.40. The largest absolute Gasteiger partial charge is 0.493 e. The van der Waals surface area contributed by atoms with E-state index in [4.69, 9.17) is 9.47 Å². The first-order valence-electron chi connectivity index (χ1n) is 9.90. The molecule has 162 valence electrons. The molecule has 1 heterocycles. The fourth-order valence-corrected chi connectivity index (χ4v) is 3.30. The van der Waals surface area contributed by atoms with Crippen LogP contribution in [0.5, 0.6) is 11.5 Å². The highest BCUT2D eigenvalue weighted by atomic mass is 127. The zero-order valence-corrected chi connectivity index (χ0v) is 19.9. The highest BCUT2D eigenvalue weighted by molar-refractivity contribution is 14.0. The van der Waals surface area contributed by atoms with E-state index in [2.05, 4.69) is 21.7 Å². The van der Waals surface area contributed by atoms with Gasteiger partial charge in [-0.1, -0.05) is 18.2 Å². The number of hydrogen-bond donors (Lipinski definition) is 2. The quantitative estimate of drug-likeness (QED) is 0.329. The van der Waals surface area contributed by atoms with Gasteiger partial charge in [-0.05, 0) is 44.0 Å². The molecule has 0 unspecified atom stereocenters. The second-order valence-corrected chi connectivity index (χ2v) is 6.54. The van der Waals surface area contributed by atoms with Crippen molar-refractivity contribution in [3.63, 3.8) is 0 Å². The molecule has 0 fully saturated rings. The van der Waals surface area contributed by atoms with Crippen LogP contribution in [0.2, 0.25) is 0 Å². The van der Waals surface area contributed by atoms with E-state index < -0.39 is 0 Å². The van der Waals surface area contributed by atoms with E-state index in [9.17, 15) is 4.79 Å². The molecule has 0 aliphatic carbocycles. The van der Waals surface area contributed by atoms with E-state index in [1.807, 2.05) is 55.1 Å². The van der Waals surface area contributed by atoms with Gasteiger partial charge in [0.25, 0.3) is 0 Å². The van der Waals surface area contributed by atoms with Crippen LogP contribution in [0.4, 0.5) is 11.4 Å². The number of aliphatic imine (C=N–C) groups is 1. The molecule has 0 bridgehead atoms. The lowest BCUT2D eigenvalue weighted by atomic mass is 10.2. The van der Waals surface area contributed by atoms with Gasteiger partial charge in [0.1, 0.15) is 6.54 Å². The van der Waals surface area contributed by atoms with Gasteiger partial charge >= 0.3 is 0 Å². The topological polar surface area (TPSA) is 75.2 Å². The zero-order chi connectivity index (χ0) is 20.6. The van der Waals surface area contributed by atoms with Crippen LogP contribution in [-0.2, 0) is 11.2 Å². The molecule has 2 N–H and O–H groups in total. The minimum absolute atomic E-state index is 0. The number of halogens is 1. The SMILES string of the molecule is CCNC(=NCC(=O)N1CCc2ccccc21)Nc1ccc(OC)c(OCC)c1.I. The van der Waals surface area contributed by atoms with Gasteiger partial charge in [0.05, 0.1) is 13.7 Å². The molecule has 2 aromatic carbocycles. The molecule has 30 heavy (non-hydrogen) atoms. The Balaban J connectivity index is 0.00000320. The van der Waals surface area contributed by atoms with Gasteiger partial charge in [0, 0.05) is 30.5 Å². The van der Waals surface area contributed by atoms with Crippen LogP contribution < -0.4 is 25.0 Å². The molecule has 1 aliphatic heterocycles. The Morgan fingerprint density at radius 1 is 1.17 bits per heavy atom. The Hall–Kier alpha value is -2.49. The number of hydrogen-bond acceptors (Lipinski definition) is 4. The number of carbonyl (C=O) groups excluding carboxylic acids is 1. The van der Waals surface area contributed by atoms with E-state index in [-0.39, 0.29) is 36.4 Å². The number of anilines is 2. The lowest BCUT2D eigenvalue weighted by molar-refractivity contribution is -0.117. The summed E-state index contributed by atoms with van der Waals surface area (Å²) in [6.45, 7) is 5.90. The van der Waals surface area contributed by atoms with Crippen LogP contribution in [0.1, 0.15) is 19.4 Å². The van der Waals surface area contributed by atoms with Gasteiger partial charge < -0.3 is 25.0 Å². The Bertz CT molecular complexity index is 888. The summed E-state index contributed by atoms with van der Waals surface area (Å²) in [5.74, 6) is 1.85. The lowest BCUT2D eigenvalue weighted by Gasteiger charge is -2.17. The summed E-state index contributed by atoms with van der Waals surface area (Å²) in [4.78, 5) is 19.0. The van der Waals surface area contributed by atoms with Crippen molar-refractivity contribution in [1.82, 2.24) is 5.32 Å². The minimum Gasteiger partial charge on any atom is -0.493 e. The number of nitrogens with zero attached hydrogens (tertiary/aromatic N) is 2. The van der Waals surface area contributed by atoms with Crippen LogP contribution in [0, 0.1) is 0 Å². The molecule has 2 aromatic rings. The van der Waals surface area contributed by atoms with Crippen molar-refractivity contribution < 1.29 is 14.3 Å². The molecule has 0 atom stereocenters. The lowest BCUT2D eigenvalue weighted by Crippen LogP contribution is -2.34. The summed E-state index contributed by atoms with van der Waals surface area (Å²) in [7, 11) is 1.61. The van der Waals surface area contributed by atoms with Gasteiger partial charge in [-0.2, -0.15) is 0 Å². The fourth-order valence-electron chi connectivity index (χ4n) is 3.30. The minimum atomic E-state index is -0.0168. The Kier molecular flexibility index (Phi) is 9.22. The van der Waals surface area contributed by atoms with E-state index in [0.717, 1.165) is 17.8 Å². The predicted molar refractivity (Wildman–Crippen MR) is 132 cm³/mol. The van der Waals surface area contributed by atoms with Crippen molar-refractivity contribution in [3.8, 4) is 11.5 Å². The number of carbonyl (C=O) groups is 1. The van der Waals surface area contributed by atoms with Crippen molar-refractivity contribution in [1.29, 1.82) is 0 Å². The van der Waals surface area contributed by atoms with Crippen LogP contribution in [0.15, 0.2) is 47.5 Å². The first kappa shape index (κ1) is 23.8. The van der Waals surface area contributed by atoms with Crippen molar-refractivity contribution in [2.24, 2.45) is 4.99 Å². The van der Waals surface area contributed by atoms with Crippen molar-refractivity contribution >= 4 is 47.2 Å². The molecule has 0 saturated carbocycles. The van der Waals surface area contributed by atoms with Gasteiger partial charge in [-0.15, -0.1) is 24.0 Å². The van der Waals surface area contributed by atoms with E-state index in [0.29, 0.717) is 37.2 Å². The highest BCUT2D eigenvalue weighted by Crippen LogP contribution is 2.30. The van der Waals surface area contributed by atoms with Gasteiger partial charge in [-0.25, -0.2) is 4.99 Å². The van der Waals surface area contributed by atoms with Crippen molar-refractivity contribution in [2.75, 3.05) is 43.6 Å². The third kappa shape index (κ3) is 5.78.